The largest absolute Gasteiger partial charge is 0.444 e. The van der Waals surface area contributed by atoms with E-state index in [1.165, 1.54) is 0 Å². The van der Waals surface area contributed by atoms with Crippen LogP contribution in [0.1, 0.15) is 57.7 Å². The Kier molecular flexibility index (Phi) is 6.36. The van der Waals surface area contributed by atoms with Crippen molar-refractivity contribution in [1.82, 2.24) is 14.9 Å². The standard InChI is InChI=1S/C21H30ClFN4O2/c1-13(10-23)6-7-14-8-9-16-17(14)24-19(22)25-18(16)27-11-15(12-27)26(5)20(28)29-21(2,3)4/h6,14-15H,7-12H2,1-5H3. The molecule has 8 heteroatoms. The molecule has 1 aliphatic carbocycles. The van der Waals surface area contributed by atoms with Gasteiger partial charge in [-0.15, -0.1) is 0 Å². The molecule has 29 heavy (non-hydrogen) atoms. The SMILES string of the molecule is CC(=CCC1CCc2c1nc(Cl)nc2N1CC(N(C)C(=O)OC(C)(C)C)C1)CF. The Morgan fingerprint density at radius 3 is 2.69 bits per heavy atom. The van der Waals surface area contributed by atoms with Crippen LogP contribution in [0, 0.1) is 0 Å². The lowest BCUT2D eigenvalue weighted by molar-refractivity contribution is 0.0196. The fraction of sp³-hybridized carbons (Fsp3) is 0.667. The predicted molar refractivity (Wildman–Crippen MR) is 112 cm³/mol. The van der Waals surface area contributed by atoms with Crippen LogP contribution in [0.2, 0.25) is 5.28 Å². The molecule has 1 saturated heterocycles. The Labute approximate surface area is 177 Å². The molecule has 0 radical (unpaired) electrons. The highest BCUT2D eigenvalue weighted by Gasteiger charge is 2.38. The van der Waals surface area contributed by atoms with Gasteiger partial charge in [0, 0.05) is 31.6 Å². The summed E-state index contributed by atoms with van der Waals surface area (Å²) >= 11 is 6.22. The summed E-state index contributed by atoms with van der Waals surface area (Å²) in [5.74, 6) is 1.11. The summed E-state index contributed by atoms with van der Waals surface area (Å²) in [6.45, 7) is 8.32. The number of hydrogen-bond acceptors (Lipinski definition) is 5. The van der Waals surface area contributed by atoms with Gasteiger partial charge in [0.25, 0.3) is 0 Å². The summed E-state index contributed by atoms with van der Waals surface area (Å²) in [6, 6.07) is 0.0709. The molecule has 1 amide bonds. The second-order valence-corrected chi connectivity index (χ2v) is 9.32. The van der Waals surface area contributed by atoms with E-state index in [1.54, 1.807) is 18.9 Å². The number of rotatable bonds is 5. The number of anilines is 1. The number of alkyl halides is 1. The van der Waals surface area contributed by atoms with Crippen LogP contribution < -0.4 is 4.90 Å². The molecule has 0 aromatic carbocycles. The lowest BCUT2D eigenvalue weighted by Crippen LogP contribution is -2.60. The average Bonchev–Trinajstić information content (AvgIpc) is 2.99. The number of ether oxygens (including phenoxy) is 1. The number of allylic oxidation sites excluding steroid dienone is 2. The highest BCUT2D eigenvalue weighted by atomic mass is 35.5. The normalized spacial score (nSPS) is 19.8. The topological polar surface area (TPSA) is 58.6 Å². The lowest BCUT2D eigenvalue weighted by Gasteiger charge is -2.45. The minimum Gasteiger partial charge on any atom is -0.444 e. The number of fused-ring (bicyclic) bond motifs is 1. The molecule has 1 aromatic heterocycles. The molecule has 1 aromatic rings. The van der Waals surface area contributed by atoms with Gasteiger partial charge in [-0.3, -0.25) is 0 Å². The Hall–Kier alpha value is -1.89. The van der Waals surface area contributed by atoms with Crippen LogP contribution >= 0.6 is 11.6 Å². The van der Waals surface area contributed by atoms with E-state index in [4.69, 9.17) is 16.3 Å². The molecule has 6 nitrogen and oxygen atoms in total. The predicted octanol–water partition coefficient (Wildman–Crippen LogP) is 4.52. The van der Waals surface area contributed by atoms with Crippen molar-refractivity contribution < 1.29 is 13.9 Å². The van der Waals surface area contributed by atoms with E-state index >= 15 is 0 Å². The van der Waals surface area contributed by atoms with Gasteiger partial charge in [-0.1, -0.05) is 6.08 Å². The van der Waals surface area contributed by atoms with Crippen molar-refractivity contribution in [3.05, 3.63) is 28.2 Å². The molecule has 1 fully saturated rings. The van der Waals surface area contributed by atoms with Crippen LogP contribution in [0.15, 0.2) is 11.6 Å². The highest BCUT2D eigenvalue weighted by Crippen LogP contribution is 2.40. The number of amides is 1. The van der Waals surface area contributed by atoms with E-state index in [9.17, 15) is 9.18 Å². The molecular weight excluding hydrogens is 395 g/mol. The number of nitrogens with zero attached hydrogens (tertiary/aromatic N) is 4. The third-order valence-corrected chi connectivity index (χ3v) is 5.64. The summed E-state index contributed by atoms with van der Waals surface area (Å²) in [4.78, 5) is 25.0. The number of likely N-dealkylation sites (N-methyl/N-ethyl adjacent to an activating group) is 1. The van der Waals surface area contributed by atoms with Gasteiger partial charge in [0.15, 0.2) is 0 Å². The van der Waals surface area contributed by atoms with Gasteiger partial charge in [-0.05, 0) is 64.1 Å². The first-order valence-electron chi connectivity index (χ1n) is 10.1. The fourth-order valence-corrected chi connectivity index (χ4v) is 3.91. The Balaban J connectivity index is 1.69. The first-order chi connectivity index (χ1) is 13.6. The third-order valence-electron chi connectivity index (χ3n) is 5.47. The molecule has 1 atom stereocenters. The highest BCUT2D eigenvalue weighted by molar-refractivity contribution is 6.28. The van der Waals surface area contributed by atoms with Crippen molar-refractivity contribution >= 4 is 23.5 Å². The van der Waals surface area contributed by atoms with Gasteiger partial charge < -0.3 is 14.5 Å². The number of halogens is 2. The zero-order valence-corrected chi connectivity index (χ0v) is 18.6. The molecule has 3 rings (SSSR count). The summed E-state index contributed by atoms with van der Waals surface area (Å²) in [5, 5.41) is 0.237. The Morgan fingerprint density at radius 2 is 2.07 bits per heavy atom. The van der Waals surface area contributed by atoms with E-state index in [1.807, 2.05) is 26.8 Å². The monoisotopic (exact) mass is 424 g/mol. The maximum absolute atomic E-state index is 12.7. The maximum Gasteiger partial charge on any atom is 0.410 e. The summed E-state index contributed by atoms with van der Waals surface area (Å²) in [6.07, 6.45) is 4.24. The van der Waals surface area contributed by atoms with Crippen molar-refractivity contribution in [1.29, 1.82) is 0 Å². The van der Waals surface area contributed by atoms with Crippen LogP contribution in [0.25, 0.3) is 0 Å². The Bertz CT molecular complexity index is 803. The van der Waals surface area contributed by atoms with E-state index in [2.05, 4.69) is 14.9 Å². The van der Waals surface area contributed by atoms with Crippen molar-refractivity contribution in [2.75, 3.05) is 31.7 Å². The van der Waals surface area contributed by atoms with Crippen LogP contribution in [-0.4, -0.2) is 59.4 Å². The molecule has 2 aliphatic rings. The van der Waals surface area contributed by atoms with Gasteiger partial charge in [0.1, 0.15) is 18.1 Å². The summed E-state index contributed by atoms with van der Waals surface area (Å²) in [5.41, 5.74) is 2.34. The first kappa shape index (κ1) is 21.8. The van der Waals surface area contributed by atoms with Crippen LogP contribution in [0.5, 0.6) is 0 Å². The van der Waals surface area contributed by atoms with Crippen molar-refractivity contribution in [2.24, 2.45) is 0 Å². The smallest absolute Gasteiger partial charge is 0.410 e. The second kappa shape index (κ2) is 8.46. The number of hydrogen-bond donors (Lipinski definition) is 0. The van der Waals surface area contributed by atoms with E-state index in [0.29, 0.717) is 13.1 Å². The quantitative estimate of drug-likeness (QED) is 0.513. The fourth-order valence-electron chi connectivity index (χ4n) is 3.74. The van der Waals surface area contributed by atoms with Crippen LogP contribution in [0.4, 0.5) is 15.0 Å². The molecule has 1 aliphatic heterocycles. The van der Waals surface area contributed by atoms with Crippen molar-refractivity contribution in [3.8, 4) is 0 Å². The molecule has 0 N–H and O–H groups in total. The van der Waals surface area contributed by atoms with Gasteiger partial charge in [0.05, 0.1) is 11.7 Å². The molecule has 0 saturated carbocycles. The van der Waals surface area contributed by atoms with Crippen molar-refractivity contribution in [3.63, 3.8) is 0 Å². The summed E-state index contributed by atoms with van der Waals surface area (Å²) in [7, 11) is 1.77. The van der Waals surface area contributed by atoms with E-state index < -0.39 is 12.3 Å². The Morgan fingerprint density at radius 1 is 1.38 bits per heavy atom. The molecule has 1 unspecified atom stereocenters. The summed E-state index contributed by atoms with van der Waals surface area (Å²) < 4.78 is 18.2. The zero-order chi connectivity index (χ0) is 21.3. The minimum absolute atomic E-state index is 0.0709. The third kappa shape index (κ3) is 5.00. The van der Waals surface area contributed by atoms with Gasteiger partial charge in [-0.25, -0.2) is 19.2 Å². The minimum atomic E-state index is -0.514. The average molecular weight is 425 g/mol. The molecule has 160 valence electrons. The second-order valence-electron chi connectivity index (χ2n) is 8.99. The zero-order valence-electron chi connectivity index (χ0n) is 17.8. The number of carbonyl (C=O) groups excluding carboxylic acids is 1. The number of carbonyl (C=O) groups is 1. The number of aromatic nitrogens is 2. The molecular formula is C21H30ClFN4O2. The van der Waals surface area contributed by atoms with Crippen LogP contribution in [0.3, 0.4) is 0 Å². The van der Waals surface area contributed by atoms with E-state index in [-0.39, 0.29) is 23.3 Å². The first-order valence-corrected chi connectivity index (χ1v) is 10.5. The van der Waals surface area contributed by atoms with E-state index in [0.717, 1.165) is 41.9 Å². The van der Waals surface area contributed by atoms with Gasteiger partial charge in [-0.2, -0.15) is 0 Å². The lowest BCUT2D eigenvalue weighted by atomic mass is 10.0. The van der Waals surface area contributed by atoms with Crippen molar-refractivity contribution in [2.45, 2.75) is 64.5 Å². The molecule has 0 spiro atoms. The maximum atomic E-state index is 12.7. The van der Waals surface area contributed by atoms with Gasteiger partial charge >= 0.3 is 6.09 Å². The van der Waals surface area contributed by atoms with Crippen LogP contribution in [-0.2, 0) is 11.2 Å². The molecule has 0 bridgehead atoms. The van der Waals surface area contributed by atoms with Gasteiger partial charge in [0.2, 0.25) is 5.28 Å². The molecule has 2 heterocycles.